The van der Waals surface area contributed by atoms with Crippen molar-refractivity contribution in [2.24, 2.45) is 11.7 Å². The van der Waals surface area contributed by atoms with Crippen LogP contribution in [0.15, 0.2) is 24.3 Å². The number of carbonyl (C=O) groups is 1. The molecule has 0 aromatic heterocycles. The molecule has 158 valence electrons. The van der Waals surface area contributed by atoms with Gasteiger partial charge in [-0.3, -0.25) is 4.79 Å². The summed E-state index contributed by atoms with van der Waals surface area (Å²) < 4.78 is 5.99. The molecule has 0 radical (unpaired) electrons. The van der Waals surface area contributed by atoms with E-state index in [0.717, 1.165) is 12.8 Å². The van der Waals surface area contributed by atoms with Crippen LogP contribution in [0, 0.1) is 12.8 Å². The zero-order valence-electron chi connectivity index (χ0n) is 18.5. The highest BCUT2D eigenvalue weighted by Crippen LogP contribution is 2.28. The van der Waals surface area contributed by atoms with Gasteiger partial charge < -0.3 is 15.8 Å². The molecule has 1 aliphatic rings. The molecular formula is C24H40N2O2. The summed E-state index contributed by atoms with van der Waals surface area (Å²) in [5.74, 6) is 0.532. The van der Waals surface area contributed by atoms with E-state index in [1.807, 2.05) is 13.8 Å². The second kappa shape index (κ2) is 10.4. The van der Waals surface area contributed by atoms with Crippen LogP contribution in [0.1, 0.15) is 77.3 Å². The van der Waals surface area contributed by atoms with Crippen LogP contribution in [0.3, 0.4) is 0 Å². The summed E-state index contributed by atoms with van der Waals surface area (Å²) in [5, 5.41) is 3.20. The van der Waals surface area contributed by atoms with E-state index in [9.17, 15) is 4.79 Å². The van der Waals surface area contributed by atoms with Crippen LogP contribution >= 0.6 is 0 Å². The van der Waals surface area contributed by atoms with Crippen molar-refractivity contribution in [3.63, 3.8) is 0 Å². The minimum atomic E-state index is -0.598. The van der Waals surface area contributed by atoms with Crippen LogP contribution in [0.25, 0.3) is 0 Å². The second-order valence-corrected chi connectivity index (χ2v) is 9.54. The average Bonchev–Trinajstić information content (AvgIpc) is 2.61. The number of nitrogens with one attached hydrogen (secondary N) is 1. The topological polar surface area (TPSA) is 64.3 Å². The van der Waals surface area contributed by atoms with Gasteiger partial charge in [0.2, 0.25) is 0 Å². The number of hydrogen-bond acceptors (Lipinski definition) is 3. The quantitative estimate of drug-likeness (QED) is 0.653. The van der Waals surface area contributed by atoms with E-state index < -0.39 is 6.10 Å². The first-order valence-corrected chi connectivity index (χ1v) is 10.9. The number of amides is 1. The summed E-state index contributed by atoms with van der Waals surface area (Å²) in [6, 6.07) is 8.21. The van der Waals surface area contributed by atoms with Gasteiger partial charge in [0.25, 0.3) is 5.91 Å². The van der Waals surface area contributed by atoms with E-state index in [1.165, 1.54) is 43.2 Å². The largest absolute Gasteiger partial charge is 0.364 e. The molecule has 4 heteroatoms. The van der Waals surface area contributed by atoms with Crippen molar-refractivity contribution in [3.05, 3.63) is 35.4 Å². The third kappa shape index (κ3) is 7.56. The normalized spacial score (nSPS) is 18.1. The maximum Gasteiger partial charge on any atom is 0.251 e. The smallest absolute Gasteiger partial charge is 0.251 e. The number of aryl methyl sites for hydroxylation is 1. The Bertz CT molecular complexity index is 604. The van der Waals surface area contributed by atoms with Gasteiger partial charge in [0.05, 0.1) is 6.10 Å². The highest BCUT2D eigenvalue weighted by Gasteiger charge is 2.33. The van der Waals surface area contributed by atoms with Crippen LogP contribution in [-0.4, -0.2) is 29.7 Å². The van der Waals surface area contributed by atoms with Crippen LogP contribution in [0.5, 0.6) is 0 Å². The number of ether oxygens (including phenoxy) is 1. The van der Waals surface area contributed by atoms with E-state index in [-0.39, 0.29) is 23.6 Å². The summed E-state index contributed by atoms with van der Waals surface area (Å²) in [7, 11) is 0. The molecule has 28 heavy (non-hydrogen) atoms. The number of hydrogen-bond donors (Lipinski definition) is 2. The van der Waals surface area contributed by atoms with Gasteiger partial charge in [0, 0.05) is 11.6 Å². The predicted octanol–water partition coefficient (Wildman–Crippen LogP) is 4.52. The molecule has 0 bridgehead atoms. The first-order chi connectivity index (χ1) is 13.2. The molecule has 1 amide bonds. The highest BCUT2D eigenvalue weighted by atomic mass is 16.5. The van der Waals surface area contributed by atoms with Crippen molar-refractivity contribution in [2.45, 2.75) is 103 Å². The van der Waals surface area contributed by atoms with Crippen LogP contribution in [0.2, 0.25) is 0 Å². The molecule has 1 aromatic carbocycles. The molecule has 0 spiro atoms. The monoisotopic (exact) mass is 388 g/mol. The predicted molar refractivity (Wildman–Crippen MR) is 116 cm³/mol. The Morgan fingerprint density at radius 1 is 1.18 bits per heavy atom. The highest BCUT2D eigenvalue weighted by molar-refractivity contribution is 5.82. The summed E-state index contributed by atoms with van der Waals surface area (Å²) in [4.78, 5) is 13.1. The molecular weight excluding hydrogens is 348 g/mol. The third-order valence-corrected chi connectivity index (χ3v) is 5.62. The Labute approximate surface area is 171 Å². The van der Waals surface area contributed by atoms with Crippen LogP contribution < -0.4 is 11.1 Å². The van der Waals surface area contributed by atoms with E-state index in [4.69, 9.17) is 10.5 Å². The van der Waals surface area contributed by atoms with Crippen molar-refractivity contribution in [3.8, 4) is 0 Å². The van der Waals surface area contributed by atoms with Crippen molar-refractivity contribution >= 4 is 5.91 Å². The van der Waals surface area contributed by atoms with Crippen molar-refractivity contribution < 1.29 is 9.53 Å². The Morgan fingerprint density at radius 3 is 2.36 bits per heavy atom. The molecule has 0 aliphatic heterocycles. The summed E-state index contributed by atoms with van der Waals surface area (Å²) in [6.45, 7) is 10.1. The first kappa shape index (κ1) is 22.9. The van der Waals surface area contributed by atoms with Gasteiger partial charge in [-0.2, -0.15) is 0 Å². The van der Waals surface area contributed by atoms with E-state index >= 15 is 0 Å². The Kier molecular flexibility index (Phi) is 8.51. The molecule has 3 N–H and O–H groups in total. The summed E-state index contributed by atoms with van der Waals surface area (Å²) in [5.41, 5.74) is 8.59. The third-order valence-electron chi connectivity index (χ3n) is 5.62. The molecule has 1 fully saturated rings. The zero-order valence-corrected chi connectivity index (χ0v) is 18.5. The van der Waals surface area contributed by atoms with Gasteiger partial charge in [0.15, 0.2) is 6.10 Å². The molecule has 1 aliphatic carbocycles. The van der Waals surface area contributed by atoms with E-state index in [2.05, 4.69) is 50.4 Å². The molecule has 2 rings (SSSR count). The number of rotatable bonds is 9. The van der Waals surface area contributed by atoms with Crippen molar-refractivity contribution in [1.29, 1.82) is 0 Å². The molecule has 4 nitrogen and oxygen atoms in total. The van der Waals surface area contributed by atoms with Crippen LogP contribution in [-0.2, 0) is 16.0 Å². The Morgan fingerprint density at radius 2 is 1.79 bits per heavy atom. The van der Waals surface area contributed by atoms with Crippen LogP contribution in [0.4, 0.5) is 0 Å². The molecule has 1 unspecified atom stereocenters. The van der Waals surface area contributed by atoms with E-state index in [0.29, 0.717) is 5.92 Å². The van der Waals surface area contributed by atoms with Gasteiger partial charge in [0.1, 0.15) is 0 Å². The summed E-state index contributed by atoms with van der Waals surface area (Å²) >= 11 is 0. The number of benzene rings is 1. The summed E-state index contributed by atoms with van der Waals surface area (Å²) in [6.07, 6.45) is 7.34. The molecule has 0 saturated heterocycles. The molecule has 0 heterocycles. The van der Waals surface area contributed by atoms with Gasteiger partial charge >= 0.3 is 0 Å². The lowest BCUT2D eigenvalue weighted by molar-refractivity contribution is -0.139. The minimum Gasteiger partial charge on any atom is -0.364 e. The molecule has 2 atom stereocenters. The fourth-order valence-corrected chi connectivity index (χ4v) is 4.25. The maximum atomic E-state index is 13.1. The zero-order chi connectivity index (χ0) is 20.7. The number of nitrogens with two attached hydrogens (primary N) is 1. The SMILES string of the molecule is Cc1ccc(CC(C)(C)NC(=O)C(OC(C)C)[C@H](N)CC2CCCCC2)cc1. The number of carbonyl (C=O) groups excluding carboxylic acids is 1. The average molecular weight is 389 g/mol. The van der Waals surface area contributed by atoms with Gasteiger partial charge in [-0.1, -0.05) is 61.9 Å². The van der Waals surface area contributed by atoms with Crippen molar-refractivity contribution in [2.75, 3.05) is 0 Å². The minimum absolute atomic E-state index is 0.0339. The lowest BCUT2D eigenvalue weighted by Crippen LogP contribution is -2.55. The van der Waals surface area contributed by atoms with Gasteiger partial charge in [-0.25, -0.2) is 0 Å². The van der Waals surface area contributed by atoms with E-state index in [1.54, 1.807) is 0 Å². The van der Waals surface area contributed by atoms with Gasteiger partial charge in [-0.15, -0.1) is 0 Å². The fourth-order valence-electron chi connectivity index (χ4n) is 4.25. The molecule has 1 aromatic rings. The molecule has 1 saturated carbocycles. The Balaban J connectivity index is 2.00. The standard InChI is InChI=1S/C24H40N2O2/c1-17(2)28-22(21(25)15-19-9-7-6-8-10-19)23(27)26-24(4,5)16-20-13-11-18(3)12-14-20/h11-14,17,19,21-22H,6-10,15-16,25H2,1-5H3,(H,26,27)/t21-,22?/m1/s1. The Hall–Kier alpha value is -1.39. The fraction of sp³-hybridized carbons (Fsp3) is 0.708. The van der Waals surface area contributed by atoms with Gasteiger partial charge in [-0.05, 0) is 58.9 Å². The van der Waals surface area contributed by atoms with Crippen molar-refractivity contribution in [1.82, 2.24) is 5.32 Å². The first-order valence-electron chi connectivity index (χ1n) is 10.9. The lowest BCUT2D eigenvalue weighted by atomic mass is 9.83. The lowest BCUT2D eigenvalue weighted by Gasteiger charge is -2.33. The second-order valence-electron chi connectivity index (χ2n) is 9.54. The maximum absolute atomic E-state index is 13.1.